The second-order valence-electron chi connectivity index (χ2n) is 8.03. The molecule has 4 N–H and O–H groups in total. The fraction of sp³-hybridized carbons (Fsp3) is 0.632. The van der Waals surface area contributed by atoms with Crippen molar-refractivity contribution in [1.29, 1.82) is 0 Å². The normalized spacial score (nSPS) is 34.4. The molecule has 0 aliphatic heterocycles. The monoisotopic (exact) mass is 313 g/mol. The fourth-order valence-electron chi connectivity index (χ4n) is 5.60. The van der Waals surface area contributed by atoms with Crippen LogP contribution in [0.2, 0.25) is 0 Å². The third-order valence-electron chi connectivity index (χ3n) is 6.10. The molecule has 124 valence electrons. The number of hydrogen-bond acceptors (Lipinski definition) is 2. The molecule has 4 aliphatic carbocycles. The van der Waals surface area contributed by atoms with Crippen molar-refractivity contribution in [3.8, 4) is 0 Å². The van der Waals surface area contributed by atoms with Crippen molar-refractivity contribution >= 4 is 6.03 Å². The molecule has 4 fully saturated rings. The average molecular weight is 313 g/mol. The molecule has 0 unspecified atom stereocenters. The van der Waals surface area contributed by atoms with Crippen molar-refractivity contribution < 1.29 is 4.79 Å². The predicted molar refractivity (Wildman–Crippen MR) is 90.6 cm³/mol. The van der Waals surface area contributed by atoms with Gasteiger partial charge in [-0.15, -0.1) is 0 Å². The Morgan fingerprint density at radius 3 is 2.30 bits per heavy atom. The van der Waals surface area contributed by atoms with Gasteiger partial charge in [-0.05, 0) is 67.4 Å². The van der Waals surface area contributed by atoms with Crippen LogP contribution in [0.1, 0.15) is 49.7 Å². The smallest absolute Gasteiger partial charge is 0.315 e. The zero-order chi connectivity index (χ0) is 15.9. The second-order valence-corrected chi connectivity index (χ2v) is 8.03. The third kappa shape index (κ3) is 3.09. The van der Waals surface area contributed by atoms with Crippen molar-refractivity contribution in [2.45, 2.75) is 57.2 Å². The Balaban J connectivity index is 1.35. The van der Waals surface area contributed by atoms with Crippen LogP contribution in [0.3, 0.4) is 0 Å². The van der Waals surface area contributed by atoms with Crippen LogP contribution in [0.4, 0.5) is 4.79 Å². The van der Waals surface area contributed by atoms with Crippen molar-refractivity contribution in [1.82, 2.24) is 10.6 Å². The van der Waals surface area contributed by atoms with E-state index in [1.165, 1.54) is 38.5 Å². The second kappa shape index (κ2) is 5.82. The van der Waals surface area contributed by atoms with E-state index >= 15 is 0 Å². The van der Waals surface area contributed by atoms with E-state index in [4.69, 9.17) is 5.73 Å². The maximum absolute atomic E-state index is 12.4. The summed E-state index contributed by atoms with van der Waals surface area (Å²) in [4.78, 5) is 12.4. The van der Waals surface area contributed by atoms with Gasteiger partial charge >= 0.3 is 6.03 Å². The summed E-state index contributed by atoms with van der Waals surface area (Å²) in [5.41, 5.74) is 7.96. The molecule has 4 nitrogen and oxygen atoms in total. The van der Waals surface area contributed by atoms with Gasteiger partial charge in [0, 0.05) is 18.6 Å². The number of amides is 2. The molecule has 5 rings (SSSR count). The number of urea groups is 1. The van der Waals surface area contributed by atoms with E-state index in [0.29, 0.717) is 13.1 Å². The largest absolute Gasteiger partial charge is 0.334 e. The maximum Gasteiger partial charge on any atom is 0.315 e. The van der Waals surface area contributed by atoms with Gasteiger partial charge in [0.05, 0.1) is 0 Å². The predicted octanol–water partition coefficient (Wildman–Crippen LogP) is 2.91. The molecule has 1 aromatic carbocycles. The van der Waals surface area contributed by atoms with E-state index in [0.717, 1.165) is 28.9 Å². The Hall–Kier alpha value is -1.55. The topological polar surface area (TPSA) is 67.1 Å². The summed E-state index contributed by atoms with van der Waals surface area (Å²) >= 11 is 0. The Morgan fingerprint density at radius 2 is 1.70 bits per heavy atom. The van der Waals surface area contributed by atoms with E-state index in [2.05, 4.69) is 16.7 Å². The van der Waals surface area contributed by atoms with Gasteiger partial charge in [-0.25, -0.2) is 4.79 Å². The van der Waals surface area contributed by atoms with Crippen molar-refractivity contribution in [2.24, 2.45) is 23.5 Å². The highest BCUT2D eigenvalue weighted by molar-refractivity contribution is 5.75. The number of carbonyl (C=O) groups is 1. The zero-order valence-corrected chi connectivity index (χ0v) is 13.7. The number of rotatable bonds is 4. The summed E-state index contributed by atoms with van der Waals surface area (Å²) in [6, 6.07) is 8.09. The minimum absolute atomic E-state index is 0.00917. The van der Waals surface area contributed by atoms with Crippen LogP contribution in [0.15, 0.2) is 24.3 Å². The van der Waals surface area contributed by atoms with Crippen LogP contribution in [0, 0.1) is 17.8 Å². The molecule has 4 heteroatoms. The maximum atomic E-state index is 12.4. The minimum atomic E-state index is -0.00917. The zero-order valence-electron chi connectivity index (χ0n) is 13.7. The number of nitrogens with one attached hydrogen (secondary N) is 2. The number of carbonyl (C=O) groups excluding carboxylic acids is 1. The lowest BCUT2D eigenvalue weighted by atomic mass is 9.53. The van der Waals surface area contributed by atoms with Crippen LogP contribution in [-0.2, 0) is 13.1 Å². The van der Waals surface area contributed by atoms with E-state index in [1.54, 1.807) is 0 Å². The summed E-state index contributed by atoms with van der Waals surface area (Å²) in [6.07, 6.45) is 7.76. The van der Waals surface area contributed by atoms with Gasteiger partial charge < -0.3 is 16.4 Å². The summed E-state index contributed by atoms with van der Waals surface area (Å²) < 4.78 is 0. The van der Waals surface area contributed by atoms with Gasteiger partial charge in [0.25, 0.3) is 0 Å². The van der Waals surface area contributed by atoms with Crippen molar-refractivity contribution in [3.05, 3.63) is 35.4 Å². The first kappa shape index (κ1) is 15.0. The highest BCUT2D eigenvalue weighted by atomic mass is 16.2. The van der Waals surface area contributed by atoms with E-state index in [9.17, 15) is 4.79 Å². The lowest BCUT2D eigenvalue weighted by Gasteiger charge is -2.56. The van der Waals surface area contributed by atoms with Crippen LogP contribution in [0.25, 0.3) is 0 Å². The molecule has 4 aliphatic rings. The number of benzene rings is 1. The molecule has 2 amide bonds. The molecule has 23 heavy (non-hydrogen) atoms. The number of nitrogens with two attached hydrogens (primary N) is 1. The Kier molecular flexibility index (Phi) is 3.80. The minimum Gasteiger partial charge on any atom is -0.334 e. The molecular weight excluding hydrogens is 286 g/mol. The van der Waals surface area contributed by atoms with Crippen LogP contribution in [0.5, 0.6) is 0 Å². The molecule has 4 saturated carbocycles. The van der Waals surface area contributed by atoms with Crippen LogP contribution < -0.4 is 16.4 Å². The highest BCUT2D eigenvalue weighted by Gasteiger charge is 2.51. The summed E-state index contributed by atoms with van der Waals surface area (Å²) in [5.74, 6) is 2.55. The quantitative estimate of drug-likeness (QED) is 0.800. The van der Waals surface area contributed by atoms with Crippen molar-refractivity contribution in [3.63, 3.8) is 0 Å². The highest BCUT2D eigenvalue weighted by Crippen LogP contribution is 2.55. The Labute approximate surface area is 138 Å². The van der Waals surface area contributed by atoms with Crippen molar-refractivity contribution in [2.75, 3.05) is 0 Å². The first-order valence-corrected chi connectivity index (χ1v) is 8.98. The van der Waals surface area contributed by atoms with E-state index < -0.39 is 0 Å². The third-order valence-corrected chi connectivity index (χ3v) is 6.10. The first-order chi connectivity index (χ1) is 11.1. The van der Waals surface area contributed by atoms with Crippen LogP contribution >= 0.6 is 0 Å². The summed E-state index contributed by atoms with van der Waals surface area (Å²) in [7, 11) is 0. The molecule has 0 saturated heterocycles. The lowest BCUT2D eigenvalue weighted by molar-refractivity contribution is -0.0135. The van der Waals surface area contributed by atoms with Gasteiger partial charge in [-0.3, -0.25) is 0 Å². The molecular formula is C19H27N3O. The van der Waals surface area contributed by atoms with Crippen LogP contribution in [-0.4, -0.2) is 11.6 Å². The average Bonchev–Trinajstić information content (AvgIpc) is 2.51. The molecule has 4 bridgehead atoms. The molecule has 0 atom stereocenters. The van der Waals surface area contributed by atoms with Gasteiger partial charge in [0.15, 0.2) is 0 Å². The van der Waals surface area contributed by atoms with Gasteiger partial charge in [-0.1, -0.05) is 24.3 Å². The lowest BCUT2D eigenvalue weighted by Crippen LogP contribution is -2.61. The molecule has 0 radical (unpaired) electrons. The van der Waals surface area contributed by atoms with E-state index in [-0.39, 0.29) is 11.6 Å². The fourth-order valence-corrected chi connectivity index (χ4v) is 5.60. The summed E-state index contributed by atoms with van der Waals surface area (Å²) in [5, 5.41) is 6.38. The Morgan fingerprint density at radius 1 is 1.09 bits per heavy atom. The molecule has 0 heterocycles. The van der Waals surface area contributed by atoms with E-state index in [1.807, 2.05) is 18.2 Å². The molecule has 0 spiro atoms. The molecule has 0 aromatic heterocycles. The Bertz CT molecular complexity index is 563. The standard InChI is InChI=1S/C19H27N3O/c20-11-13-2-1-3-14(4-13)12-21-18(23)22-19-8-15-5-16(9-19)7-17(6-15)10-19/h1-4,15-17H,5-12,20H2,(H2,21,22,23). The SMILES string of the molecule is NCc1cccc(CNC(=O)NC23CC4CC(CC(C4)C2)C3)c1. The molecule has 1 aromatic rings. The van der Waals surface area contributed by atoms with Gasteiger partial charge in [-0.2, -0.15) is 0 Å². The first-order valence-electron chi connectivity index (χ1n) is 8.98. The van der Waals surface area contributed by atoms with Gasteiger partial charge in [0.1, 0.15) is 0 Å². The number of hydrogen-bond donors (Lipinski definition) is 3. The summed E-state index contributed by atoms with van der Waals surface area (Å²) in [6.45, 7) is 1.10. The van der Waals surface area contributed by atoms with Gasteiger partial charge in [0.2, 0.25) is 0 Å².